The lowest BCUT2D eigenvalue weighted by Gasteiger charge is -2.32. The van der Waals surface area contributed by atoms with E-state index in [9.17, 15) is 8.42 Å². The average Bonchev–Trinajstić information content (AvgIpc) is 2.39. The first-order valence-electron chi connectivity index (χ1n) is 6.33. The Hall–Kier alpha value is -0.290. The molecule has 0 radical (unpaired) electrons. The third-order valence-electron chi connectivity index (χ3n) is 3.48. The van der Waals surface area contributed by atoms with Crippen LogP contribution < -0.4 is 0 Å². The Morgan fingerprint density at radius 1 is 1.37 bits per heavy atom. The van der Waals surface area contributed by atoms with Crippen LogP contribution in [0.15, 0.2) is 23.1 Å². The van der Waals surface area contributed by atoms with Crippen LogP contribution in [0.25, 0.3) is 0 Å². The van der Waals surface area contributed by atoms with Crippen molar-refractivity contribution in [3.63, 3.8) is 0 Å². The zero-order chi connectivity index (χ0) is 14.0. The van der Waals surface area contributed by atoms with Crippen molar-refractivity contribution in [3.05, 3.63) is 28.8 Å². The van der Waals surface area contributed by atoms with Gasteiger partial charge in [-0.1, -0.05) is 24.1 Å². The highest BCUT2D eigenvalue weighted by Gasteiger charge is 2.32. The molecule has 1 aromatic carbocycles. The van der Waals surface area contributed by atoms with Gasteiger partial charge in [0.25, 0.3) is 0 Å². The maximum atomic E-state index is 12.7. The van der Waals surface area contributed by atoms with Gasteiger partial charge in [0.2, 0.25) is 10.0 Å². The Kier molecular flexibility index (Phi) is 4.77. The lowest BCUT2D eigenvalue weighted by atomic mass is 10.1. The quantitative estimate of drug-likeness (QED) is 0.797. The molecule has 0 bridgehead atoms. The summed E-state index contributed by atoms with van der Waals surface area (Å²) in [6, 6.07) is 4.94. The van der Waals surface area contributed by atoms with Crippen molar-refractivity contribution in [1.29, 1.82) is 0 Å². The molecule has 106 valence electrons. The monoisotopic (exact) mass is 321 g/mol. The molecule has 0 spiro atoms. The number of sulfonamides is 1. The Morgan fingerprint density at radius 3 is 2.74 bits per heavy atom. The highest BCUT2D eigenvalue weighted by atomic mass is 35.5. The van der Waals surface area contributed by atoms with Gasteiger partial charge in [-0.2, -0.15) is 4.31 Å². The molecule has 1 heterocycles. The van der Waals surface area contributed by atoms with E-state index in [0.29, 0.717) is 6.54 Å². The Balaban J connectivity index is 2.43. The van der Waals surface area contributed by atoms with Crippen molar-refractivity contribution >= 4 is 33.2 Å². The first kappa shape index (κ1) is 15.1. The van der Waals surface area contributed by atoms with Crippen LogP contribution in [0.5, 0.6) is 0 Å². The van der Waals surface area contributed by atoms with E-state index in [1.807, 2.05) is 6.92 Å². The molecular weight excluding hydrogens is 305 g/mol. The molecule has 1 saturated heterocycles. The van der Waals surface area contributed by atoms with E-state index in [1.165, 1.54) is 0 Å². The fraction of sp³-hybridized carbons (Fsp3) is 0.538. The maximum absolute atomic E-state index is 12.7. The summed E-state index contributed by atoms with van der Waals surface area (Å²) in [5.74, 6) is 0.273. The van der Waals surface area contributed by atoms with E-state index < -0.39 is 10.0 Å². The topological polar surface area (TPSA) is 37.4 Å². The van der Waals surface area contributed by atoms with E-state index >= 15 is 0 Å². The highest BCUT2D eigenvalue weighted by Crippen LogP contribution is 2.30. The number of alkyl halides is 1. The van der Waals surface area contributed by atoms with Crippen LogP contribution in [-0.4, -0.2) is 25.3 Å². The van der Waals surface area contributed by atoms with Crippen LogP contribution in [0.1, 0.15) is 31.7 Å². The van der Waals surface area contributed by atoms with Gasteiger partial charge >= 0.3 is 0 Å². The number of benzene rings is 1. The van der Waals surface area contributed by atoms with Crippen molar-refractivity contribution in [2.75, 3.05) is 6.54 Å². The molecule has 1 aliphatic rings. The van der Waals surface area contributed by atoms with Crippen molar-refractivity contribution in [2.45, 2.75) is 43.0 Å². The molecular formula is C13H17Cl2NO2S. The minimum Gasteiger partial charge on any atom is -0.207 e. The van der Waals surface area contributed by atoms with E-state index in [4.69, 9.17) is 23.2 Å². The zero-order valence-electron chi connectivity index (χ0n) is 10.8. The molecule has 1 atom stereocenters. The summed E-state index contributed by atoms with van der Waals surface area (Å²) in [6.45, 7) is 2.50. The molecule has 1 aromatic rings. The van der Waals surface area contributed by atoms with Crippen molar-refractivity contribution in [2.24, 2.45) is 0 Å². The number of halogens is 2. The van der Waals surface area contributed by atoms with Crippen LogP contribution in [0.2, 0.25) is 5.02 Å². The summed E-state index contributed by atoms with van der Waals surface area (Å²) in [7, 11) is -3.53. The van der Waals surface area contributed by atoms with Gasteiger partial charge in [0, 0.05) is 18.5 Å². The van der Waals surface area contributed by atoms with Crippen LogP contribution in [-0.2, 0) is 15.9 Å². The van der Waals surface area contributed by atoms with E-state index in [2.05, 4.69) is 0 Å². The molecule has 1 unspecified atom stereocenters. The van der Waals surface area contributed by atoms with E-state index in [1.54, 1.807) is 22.5 Å². The molecule has 3 nitrogen and oxygen atoms in total. The lowest BCUT2D eigenvalue weighted by molar-refractivity contribution is 0.268. The van der Waals surface area contributed by atoms with Crippen LogP contribution in [0, 0.1) is 0 Å². The fourth-order valence-electron chi connectivity index (χ4n) is 2.38. The molecule has 0 N–H and O–H groups in total. The molecule has 0 aromatic heterocycles. The third-order valence-corrected chi connectivity index (χ3v) is 6.28. The molecule has 1 fully saturated rings. The summed E-state index contributed by atoms with van der Waals surface area (Å²) in [5, 5.41) is 0.256. The van der Waals surface area contributed by atoms with Gasteiger partial charge < -0.3 is 0 Å². The predicted molar refractivity (Wildman–Crippen MR) is 78.2 cm³/mol. The maximum Gasteiger partial charge on any atom is 0.244 e. The second-order valence-electron chi connectivity index (χ2n) is 4.86. The highest BCUT2D eigenvalue weighted by molar-refractivity contribution is 7.89. The molecule has 0 saturated carbocycles. The standard InChI is InChI=1S/C13H17Cl2NO2S/c1-10-4-2-3-7-16(10)19(17,18)13-8-11(9-14)5-6-12(13)15/h5-6,8,10H,2-4,7,9H2,1H3. The number of hydrogen-bond donors (Lipinski definition) is 0. The summed E-state index contributed by atoms with van der Waals surface area (Å²) < 4.78 is 26.9. The first-order valence-corrected chi connectivity index (χ1v) is 8.68. The third kappa shape index (κ3) is 3.07. The minimum absolute atomic E-state index is 0.0227. The Bertz CT molecular complexity index is 560. The number of rotatable bonds is 3. The summed E-state index contributed by atoms with van der Waals surface area (Å²) >= 11 is 11.8. The molecule has 1 aliphatic heterocycles. The van der Waals surface area contributed by atoms with E-state index in [0.717, 1.165) is 24.8 Å². The molecule has 19 heavy (non-hydrogen) atoms. The molecule has 6 heteroatoms. The molecule has 0 aliphatic carbocycles. The zero-order valence-corrected chi connectivity index (χ0v) is 13.1. The Labute approximate surface area is 124 Å². The van der Waals surface area contributed by atoms with Crippen molar-refractivity contribution < 1.29 is 8.42 Å². The largest absolute Gasteiger partial charge is 0.244 e. The van der Waals surface area contributed by atoms with Crippen molar-refractivity contribution in [3.8, 4) is 0 Å². The Morgan fingerprint density at radius 2 is 2.11 bits per heavy atom. The van der Waals surface area contributed by atoms with Gasteiger partial charge in [0.05, 0.1) is 5.02 Å². The number of piperidine rings is 1. The summed E-state index contributed by atoms with van der Waals surface area (Å²) in [5.41, 5.74) is 0.759. The first-order chi connectivity index (χ1) is 8.96. The predicted octanol–water partition coefficient (Wildman–Crippen LogP) is 3.64. The van der Waals surface area contributed by atoms with Crippen LogP contribution in [0.3, 0.4) is 0 Å². The molecule has 2 rings (SSSR count). The van der Waals surface area contributed by atoms with Crippen LogP contribution >= 0.6 is 23.2 Å². The van der Waals surface area contributed by atoms with Gasteiger partial charge in [-0.15, -0.1) is 11.6 Å². The van der Waals surface area contributed by atoms with Crippen molar-refractivity contribution in [1.82, 2.24) is 4.31 Å². The fourth-order valence-corrected chi connectivity index (χ4v) is 4.78. The second-order valence-corrected chi connectivity index (χ2v) is 7.39. The normalized spacial score (nSPS) is 21.5. The van der Waals surface area contributed by atoms with Crippen LogP contribution in [0.4, 0.5) is 0 Å². The van der Waals surface area contributed by atoms with Gasteiger partial charge in [0.1, 0.15) is 4.90 Å². The second kappa shape index (κ2) is 6.00. The molecule has 0 amide bonds. The number of hydrogen-bond acceptors (Lipinski definition) is 2. The lowest BCUT2D eigenvalue weighted by Crippen LogP contribution is -2.42. The smallest absolute Gasteiger partial charge is 0.207 e. The van der Waals surface area contributed by atoms with Gasteiger partial charge in [-0.05, 0) is 37.5 Å². The SMILES string of the molecule is CC1CCCCN1S(=O)(=O)c1cc(CCl)ccc1Cl. The van der Waals surface area contributed by atoms with Gasteiger partial charge in [-0.25, -0.2) is 8.42 Å². The van der Waals surface area contributed by atoms with Gasteiger partial charge in [0.15, 0.2) is 0 Å². The summed E-state index contributed by atoms with van der Waals surface area (Å²) in [4.78, 5) is 0.168. The van der Waals surface area contributed by atoms with Gasteiger partial charge in [-0.3, -0.25) is 0 Å². The van der Waals surface area contributed by atoms with E-state index in [-0.39, 0.29) is 21.8 Å². The number of nitrogens with zero attached hydrogens (tertiary/aromatic N) is 1. The summed E-state index contributed by atoms with van der Waals surface area (Å²) in [6.07, 6.45) is 2.87. The average molecular weight is 322 g/mol. The minimum atomic E-state index is -3.53.